The van der Waals surface area contributed by atoms with Crippen LogP contribution in [-0.4, -0.2) is 43.4 Å². The second-order valence-electron chi connectivity index (χ2n) is 6.39. The monoisotopic (exact) mass is 263 g/mol. The van der Waals surface area contributed by atoms with E-state index in [0.717, 1.165) is 17.4 Å². The molecule has 1 N–H and O–H groups in total. The number of halogens is 1. The minimum atomic E-state index is -0.116. The van der Waals surface area contributed by atoms with Crippen LogP contribution in [0.15, 0.2) is 0 Å². The van der Waals surface area contributed by atoms with Crippen molar-refractivity contribution in [1.29, 1.82) is 0 Å². The van der Waals surface area contributed by atoms with E-state index in [1.54, 1.807) is 0 Å². The van der Waals surface area contributed by atoms with Gasteiger partial charge in [-0.3, -0.25) is 0 Å². The smallest absolute Gasteiger partial charge is 0.104 e. The average molecular weight is 263 g/mol. The summed E-state index contributed by atoms with van der Waals surface area (Å²) >= 11 is 0. The molecule has 0 aliphatic heterocycles. The highest BCUT2D eigenvalue weighted by atomic mass is 19.0. The van der Waals surface area contributed by atoms with E-state index in [4.69, 9.17) is 0 Å². The summed E-state index contributed by atoms with van der Waals surface area (Å²) in [5.74, 6) is 0. The summed E-state index contributed by atoms with van der Waals surface area (Å²) in [4.78, 5) is 0. The molecule has 1 atom stereocenters. The Hall–Kier alpha value is -0.150. The molecule has 0 spiro atoms. The van der Waals surface area contributed by atoms with Gasteiger partial charge in [-0.25, -0.2) is 0 Å². The SMILES string of the molecule is CCCCCCCCCCC(O)C[N+](C)(C)C.[F-]. The molecule has 0 aliphatic carbocycles. The Kier molecular flexibility index (Phi) is 13.4. The Labute approximate surface area is 113 Å². The van der Waals surface area contributed by atoms with E-state index in [2.05, 4.69) is 28.1 Å². The number of aliphatic hydroxyl groups is 1. The predicted molar refractivity (Wildman–Crippen MR) is 76.1 cm³/mol. The van der Waals surface area contributed by atoms with Crippen molar-refractivity contribution in [2.75, 3.05) is 27.7 Å². The quantitative estimate of drug-likeness (QED) is 0.427. The van der Waals surface area contributed by atoms with E-state index in [0.29, 0.717) is 0 Å². The molecule has 18 heavy (non-hydrogen) atoms. The predicted octanol–water partition coefficient (Wildman–Crippen LogP) is 0.588. The largest absolute Gasteiger partial charge is 1.00 e. The van der Waals surface area contributed by atoms with Gasteiger partial charge in [0.25, 0.3) is 0 Å². The molecule has 0 aromatic heterocycles. The van der Waals surface area contributed by atoms with Crippen molar-refractivity contribution in [3.63, 3.8) is 0 Å². The van der Waals surface area contributed by atoms with Crippen LogP contribution in [0.4, 0.5) is 0 Å². The van der Waals surface area contributed by atoms with Crippen LogP contribution in [0, 0.1) is 0 Å². The van der Waals surface area contributed by atoms with Crippen LogP contribution in [0.25, 0.3) is 0 Å². The fraction of sp³-hybridized carbons (Fsp3) is 1.00. The zero-order valence-corrected chi connectivity index (χ0v) is 12.9. The third kappa shape index (κ3) is 15.9. The Balaban J connectivity index is 0. The van der Waals surface area contributed by atoms with E-state index >= 15 is 0 Å². The summed E-state index contributed by atoms with van der Waals surface area (Å²) in [5, 5.41) is 9.84. The lowest BCUT2D eigenvalue weighted by Crippen LogP contribution is -3.00. The van der Waals surface area contributed by atoms with Crippen molar-refractivity contribution in [2.45, 2.75) is 70.8 Å². The van der Waals surface area contributed by atoms with Gasteiger partial charge >= 0.3 is 0 Å². The minimum absolute atomic E-state index is 0. The van der Waals surface area contributed by atoms with Crippen molar-refractivity contribution in [3.05, 3.63) is 0 Å². The lowest BCUT2D eigenvalue weighted by molar-refractivity contribution is -0.873. The van der Waals surface area contributed by atoms with Gasteiger partial charge in [0.05, 0.1) is 21.1 Å². The van der Waals surface area contributed by atoms with Crippen molar-refractivity contribution >= 4 is 0 Å². The fourth-order valence-corrected chi connectivity index (χ4v) is 2.24. The number of quaternary nitrogens is 1. The van der Waals surface area contributed by atoms with Gasteiger partial charge < -0.3 is 14.3 Å². The van der Waals surface area contributed by atoms with Gasteiger partial charge in [0.1, 0.15) is 12.6 Å². The van der Waals surface area contributed by atoms with Gasteiger partial charge in [0.15, 0.2) is 0 Å². The molecule has 0 aromatic rings. The zero-order chi connectivity index (χ0) is 13.1. The van der Waals surface area contributed by atoms with Crippen molar-refractivity contribution in [3.8, 4) is 0 Å². The summed E-state index contributed by atoms with van der Waals surface area (Å²) in [7, 11) is 6.41. The lowest BCUT2D eigenvalue weighted by atomic mass is 10.1. The topological polar surface area (TPSA) is 20.2 Å². The van der Waals surface area contributed by atoms with Crippen molar-refractivity contribution in [2.24, 2.45) is 0 Å². The normalized spacial score (nSPS) is 13.2. The van der Waals surface area contributed by atoms with Crippen LogP contribution in [0.3, 0.4) is 0 Å². The molecule has 3 heteroatoms. The second kappa shape index (κ2) is 11.9. The maximum absolute atomic E-state index is 9.84. The maximum atomic E-state index is 9.84. The Morgan fingerprint density at radius 3 is 1.72 bits per heavy atom. The van der Waals surface area contributed by atoms with E-state index < -0.39 is 0 Å². The highest BCUT2D eigenvalue weighted by Crippen LogP contribution is 2.11. The molecular weight excluding hydrogens is 229 g/mol. The molecule has 0 aromatic carbocycles. The number of hydrogen-bond donors (Lipinski definition) is 1. The third-order valence-corrected chi connectivity index (χ3v) is 3.15. The lowest BCUT2D eigenvalue weighted by Gasteiger charge is -2.26. The first kappa shape index (κ1) is 20.2. The number of likely N-dealkylation sites (N-methyl/N-ethyl adjacent to an activating group) is 1. The van der Waals surface area contributed by atoms with Crippen molar-refractivity contribution < 1.29 is 14.3 Å². The van der Waals surface area contributed by atoms with Crippen LogP contribution in [-0.2, 0) is 0 Å². The molecule has 2 nitrogen and oxygen atoms in total. The van der Waals surface area contributed by atoms with E-state index in [1.807, 2.05) is 0 Å². The molecule has 0 aliphatic rings. The summed E-state index contributed by atoms with van der Waals surface area (Å²) in [5.41, 5.74) is 0. The molecule has 0 fully saturated rings. The van der Waals surface area contributed by atoms with E-state index in [1.165, 1.54) is 51.4 Å². The number of hydrogen-bond acceptors (Lipinski definition) is 1. The number of nitrogens with zero attached hydrogens (tertiary/aromatic N) is 1. The minimum Gasteiger partial charge on any atom is -1.00 e. The highest BCUT2D eigenvalue weighted by Gasteiger charge is 2.14. The molecule has 0 amide bonds. The van der Waals surface area contributed by atoms with Gasteiger partial charge in [-0.15, -0.1) is 0 Å². The summed E-state index contributed by atoms with van der Waals surface area (Å²) in [6.07, 6.45) is 11.6. The van der Waals surface area contributed by atoms with Crippen LogP contribution < -0.4 is 4.70 Å². The van der Waals surface area contributed by atoms with Gasteiger partial charge in [0.2, 0.25) is 0 Å². The van der Waals surface area contributed by atoms with E-state index in [9.17, 15) is 5.11 Å². The number of rotatable bonds is 11. The van der Waals surface area contributed by atoms with Crippen LogP contribution in [0.2, 0.25) is 0 Å². The van der Waals surface area contributed by atoms with Crippen molar-refractivity contribution in [1.82, 2.24) is 0 Å². The number of aliphatic hydroxyl groups excluding tert-OH is 1. The Bertz CT molecular complexity index is 168. The molecule has 0 radical (unpaired) electrons. The first-order valence-corrected chi connectivity index (χ1v) is 7.44. The summed E-state index contributed by atoms with van der Waals surface area (Å²) in [6, 6.07) is 0. The maximum Gasteiger partial charge on any atom is 0.104 e. The van der Waals surface area contributed by atoms with Gasteiger partial charge in [0, 0.05) is 0 Å². The summed E-state index contributed by atoms with van der Waals surface area (Å²) in [6.45, 7) is 3.13. The molecule has 0 rings (SSSR count). The van der Waals surface area contributed by atoms with Crippen LogP contribution in [0.1, 0.15) is 64.7 Å². The Morgan fingerprint density at radius 2 is 1.28 bits per heavy atom. The first-order valence-electron chi connectivity index (χ1n) is 7.44. The van der Waals surface area contributed by atoms with Gasteiger partial charge in [-0.1, -0.05) is 58.3 Å². The zero-order valence-electron chi connectivity index (χ0n) is 12.9. The molecule has 0 heterocycles. The molecule has 0 saturated heterocycles. The average Bonchev–Trinajstić information content (AvgIpc) is 2.19. The second-order valence-corrected chi connectivity index (χ2v) is 6.39. The molecular formula is C15H34FNO. The third-order valence-electron chi connectivity index (χ3n) is 3.15. The van der Waals surface area contributed by atoms with Gasteiger partial charge in [-0.2, -0.15) is 0 Å². The molecule has 0 saturated carbocycles. The van der Waals surface area contributed by atoms with Crippen LogP contribution in [0.5, 0.6) is 0 Å². The fourth-order valence-electron chi connectivity index (χ4n) is 2.24. The van der Waals surface area contributed by atoms with Crippen LogP contribution >= 0.6 is 0 Å². The first-order chi connectivity index (χ1) is 7.95. The molecule has 1 unspecified atom stereocenters. The molecule has 0 bridgehead atoms. The number of unbranched alkanes of at least 4 members (excludes halogenated alkanes) is 7. The van der Waals surface area contributed by atoms with Gasteiger partial charge in [-0.05, 0) is 6.42 Å². The Morgan fingerprint density at radius 1 is 0.833 bits per heavy atom. The standard InChI is InChI=1S/C15H34NO.FH/c1-5-6-7-8-9-10-11-12-13-15(17)14-16(2,3)4;/h15,17H,5-14H2,1-4H3;1H/q+1;/p-1. The summed E-state index contributed by atoms with van der Waals surface area (Å²) < 4.78 is 0.859. The van der Waals surface area contributed by atoms with E-state index in [-0.39, 0.29) is 10.8 Å². The highest BCUT2D eigenvalue weighted by molar-refractivity contribution is 4.55. The molecule has 112 valence electrons.